The zero-order chi connectivity index (χ0) is 26.5. The third-order valence-electron chi connectivity index (χ3n) is 5.48. The minimum atomic E-state index is -4.09. The topological polar surface area (TPSA) is 86.8 Å². The Labute approximate surface area is 234 Å². The number of benzene rings is 3. The molecule has 0 heterocycles. The highest BCUT2D eigenvalue weighted by Crippen LogP contribution is 2.26. The molecule has 36 heavy (non-hydrogen) atoms. The third-order valence-corrected chi connectivity index (χ3v) is 8.72. The Morgan fingerprint density at radius 2 is 1.61 bits per heavy atom. The van der Waals surface area contributed by atoms with Gasteiger partial charge >= 0.3 is 0 Å². The fourth-order valence-electron chi connectivity index (χ4n) is 3.48. The van der Waals surface area contributed by atoms with E-state index in [0.29, 0.717) is 21.3 Å². The summed E-state index contributed by atoms with van der Waals surface area (Å²) < 4.78 is 29.2. The number of nitrogens with one attached hydrogen (secondary N) is 1. The molecule has 0 aromatic heterocycles. The van der Waals surface area contributed by atoms with Crippen molar-refractivity contribution in [2.75, 3.05) is 17.9 Å². The van der Waals surface area contributed by atoms with Gasteiger partial charge in [0, 0.05) is 17.2 Å². The first-order valence-corrected chi connectivity index (χ1v) is 14.1. The molecule has 1 atom stereocenters. The molecular formula is C25H24Cl2IN3O4S. The molecule has 0 saturated heterocycles. The van der Waals surface area contributed by atoms with Crippen LogP contribution in [-0.4, -0.2) is 44.8 Å². The number of hydrogen-bond donors (Lipinski definition) is 1. The van der Waals surface area contributed by atoms with Crippen LogP contribution in [0.5, 0.6) is 0 Å². The number of amides is 2. The van der Waals surface area contributed by atoms with Crippen LogP contribution in [0.4, 0.5) is 5.69 Å². The van der Waals surface area contributed by atoms with Crippen LogP contribution in [0.3, 0.4) is 0 Å². The molecule has 3 rings (SSSR count). The molecule has 0 aliphatic rings. The van der Waals surface area contributed by atoms with Crippen molar-refractivity contribution >= 4 is 73.3 Å². The molecule has 0 bridgehead atoms. The normalized spacial score (nSPS) is 12.0. The van der Waals surface area contributed by atoms with Gasteiger partial charge in [0.2, 0.25) is 11.8 Å². The van der Waals surface area contributed by atoms with Gasteiger partial charge in [-0.1, -0.05) is 47.5 Å². The Balaban J connectivity index is 2.02. The zero-order valence-corrected chi connectivity index (χ0v) is 24.0. The van der Waals surface area contributed by atoms with Gasteiger partial charge in [-0.3, -0.25) is 13.9 Å². The van der Waals surface area contributed by atoms with Gasteiger partial charge < -0.3 is 10.2 Å². The first-order valence-electron chi connectivity index (χ1n) is 10.8. The van der Waals surface area contributed by atoms with Gasteiger partial charge in [0.25, 0.3) is 10.0 Å². The van der Waals surface area contributed by atoms with E-state index in [1.807, 2.05) is 0 Å². The second kappa shape index (κ2) is 12.3. The van der Waals surface area contributed by atoms with Gasteiger partial charge in [0.15, 0.2) is 0 Å². The van der Waals surface area contributed by atoms with Crippen LogP contribution < -0.4 is 9.62 Å². The lowest BCUT2D eigenvalue weighted by Crippen LogP contribution is -2.50. The van der Waals surface area contributed by atoms with Crippen LogP contribution in [0.2, 0.25) is 10.0 Å². The smallest absolute Gasteiger partial charge is 0.264 e. The molecule has 0 aliphatic heterocycles. The number of rotatable bonds is 9. The molecule has 2 amide bonds. The summed E-state index contributed by atoms with van der Waals surface area (Å²) in [5.41, 5.74) is 0.968. The van der Waals surface area contributed by atoms with Crippen molar-refractivity contribution in [3.63, 3.8) is 0 Å². The first kappa shape index (κ1) is 28.2. The Hall–Kier alpha value is -2.34. The van der Waals surface area contributed by atoms with Crippen LogP contribution >= 0.6 is 45.8 Å². The van der Waals surface area contributed by atoms with E-state index in [1.54, 1.807) is 67.6 Å². The van der Waals surface area contributed by atoms with E-state index in [1.165, 1.54) is 24.1 Å². The monoisotopic (exact) mass is 659 g/mol. The molecule has 0 unspecified atom stereocenters. The highest BCUT2D eigenvalue weighted by molar-refractivity contribution is 14.1. The van der Waals surface area contributed by atoms with Crippen molar-refractivity contribution in [3.05, 3.63) is 92.0 Å². The molecule has 3 aromatic carbocycles. The highest BCUT2D eigenvalue weighted by atomic mass is 127. The van der Waals surface area contributed by atoms with Crippen LogP contribution in [0.25, 0.3) is 0 Å². The molecular weight excluding hydrogens is 636 g/mol. The predicted molar refractivity (Wildman–Crippen MR) is 151 cm³/mol. The van der Waals surface area contributed by atoms with E-state index >= 15 is 0 Å². The van der Waals surface area contributed by atoms with Crippen molar-refractivity contribution in [2.45, 2.75) is 24.4 Å². The third kappa shape index (κ3) is 6.70. The van der Waals surface area contributed by atoms with Crippen LogP contribution in [0.1, 0.15) is 12.5 Å². The van der Waals surface area contributed by atoms with Gasteiger partial charge in [-0.05, 0) is 83.6 Å². The van der Waals surface area contributed by atoms with Crippen LogP contribution in [0.15, 0.2) is 77.7 Å². The maximum atomic E-state index is 13.7. The number of anilines is 1. The van der Waals surface area contributed by atoms with E-state index < -0.39 is 34.4 Å². The fourth-order valence-corrected chi connectivity index (χ4v) is 5.60. The van der Waals surface area contributed by atoms with Crippen molar-refractivity contribution in [1.29, 1.82) is 0 Å². The van der Waals surface area contributed by atoms with Gasteiger partial charge in [-0.15, -0.1) is 0 Å². The largest absolute Gasteiger partial charge is 0.357 e. The van der Waals surface area contributed by atoms with Crippen LogP contribution in [0, 0.1) is 3.57 Å². The summed E-state index contributed by atoms with van der Waals surface area (Å²) in [7, 11) is -2.62. The molecule has 0 aliphatic carbocycles. The lowest BCUT2D eigenvalue weighted by atomic mass is 10.1. The highest BCUT2D eigenvalue weighted by Gasteiger charge is 2.32. The zero-order valence-electron chi connectivity index (χ0n) is 19.5. The Morgan fingerprint density at radius 3 is 2.19 bits per heavy atom. The number of carbonyl (C=O) groups excluding carboxylic acids is 2. The summed E-state index contributed by atoms with van der Waals surface area (Å²) in [5, 5.41) is 3.21. The number of halogens is 3. The number of hydrogen-bond acceptors (Lipinski definition) is 4. The SMILES string of the molecule is CNC(=O)[C@@H](C)N(Cc1ccc(Cl)c(Cl)c1)C(=O)CN(c1ccc(I)cc1)S(=O)(=O)c1ccccc1. The second-order valence-electron chi connectivity index (χ2n) is 7.86. The Bertz CT molecular complexity index is 1340. The van der Waals surface area contributed by atoms with Crippen molar-refractivity contribution < 1.29 is 18.0 Å². The second-order valence-corrected chi connectivity index (χ2v) is 11.8. The standard InChI is InChI=1S/C25H24Cl2IN3O4S/c1-17(25(33)29-2)30(15-18-8-13-22(26)23(27)14-18)24(32)16-31(20-11-9-19(28)10-12-20)36(34,35)21-6-4-3-5-7-21/h3-14,17H,15-16H2,1-2H3,(H,29,33)/t17-/m1/s1. The number of likely N-dealkylation sites (N-methyl/N-ethyl adjacent to an activating group) is 1. The number of carbonyl (C=O) groups is 2. The Kier molecular flexibility index (Phi) is 9.62. The summed E-state index contributed by atoms with van der Waals surface area (Å²) >= 11 is 14.3. The molecule has 3 aromatic rings. The average molecular weight is 660 g/mol. The summed E-state index contributed by atoms with van der Waals surface area (Å²) in [5.74, 6) is -0.953. The molecule has 0 saturated carbocycles. The summed E-state index contributed by atoms with van der Waals surface area (Å²) in [4.78, 5) is 27.5. The van der Waals surface area contributed by atoms with Gasteiger partial charge in [-0.2, -0.15) is 0 Å². The summed E-state index contributed by atoms with van der Waals surface area (Å²) in [6, 6.07) is 18.7. The minimum absolute atomic E-state index is 0.0240. The molecule has 0 spiro atoms. The van der Waals surface area contributed by atoms with E-state index in [0.717, 1.165) is 7.88 Å². The van der Waals surface area contributed by atoms with Crippen molar-refractivity contribution in [1.82, 2.24) is 10.2 Å². The molecule has 0 radical (unpaired) electrons. The van der Waals surface area contributed by atoms with Gasteiger partial charge in [0.05, 0.1) is 20.6 Å². The maximum Gasteiger partial charge on any atom is 0.264 e. The lowest BCUT2D eigenvalue weighted by molar-refractivity contribution is -0.139. The molecule has 0 fully saturated rings. The predicted octanol–water partition coefficient (Wildman–Crippen LogP) is 4.96. The van der Waals surface area contributed by atoms with Crippen molar-refractivity contribution in [3.8, 4) is 0 Å². The fraction of sp³-hybridized carbons (Fsp3) is 0.200. The molecule has 11 heteroatoms. The minimum Gasteiger partial charge on any atom is -0.357 e. The van der Waals surface area contributed by atoms with E-state index in [9.17, 15) is 18.0 Å². The molecule has 190 valence electrons. The van der Waals surface area contributed by atoms with E-state index in [-0.39, 0.29) is 11.4 Å². The lowest BCUT2D eigenvalue weighted by Gasteiger charge is -2.31. The van der Waals surface area contributed by atoms with Crippen LogP contribution in [-0.2, 0) is 26.2 Å². The first-order chi connectivity index (χ1) is 17.0. The summed E-state index contributed by atoms with van der Waals surface area (Å²) in [6.07, 6.45) is 0. The van der Waals surface area contributed by atoms with Gasteiger partial charge in [-0.25, -0.2) is 8.42 Å². The van der Waals surface area contributed by atoms with E-state index in [4.69, 9.17) is 23.2 Å². The maximum absolute atomic E-state index is 13.7. The molecule has 1 N–H and O–H groups in total. The summed E-state index contributed by atoms with van der Waals surface area (Å²) in [6.45, 7) is 1.09. The van der Waals surface area contributed by atoms with Gasteiger partial charge in [0.1, 0.15) is 12.6 Å². The molecule has 7 nitrogen and oxygen atoms in total. The Morgan fingerprint density at radius 1 is 0.972 bits per heavy atom. The average Bonchev–Trinajstić information content (AvgIpc) is 2.88. The van der Waals surface area contributed by atoms with Crippen molar-refractivity contribution in [2.24, 2.45) is 0 Å². The van der Waals surface area contributed by atoms with E-state index in [2.05, 4.69) is 27.9 Å². The number of nitrogens with zero attached hydrogens (tertiary/aromatic N) is 2. The number of sulfonamides is 1. The quantitative estimate of drug-likeness (QED) is 0.329.